The van der Waals surface area contributed by atoms with Crippen LogP contribution in [-0.4, -0.2) is 96.9 Å². The van der Waals surface area contributed by atoms with Crippen molar-refractivity contribution in [3.8, 4) is 0 Å². The number of hydrogen-bond donors (Lipinski definition) is 6. The van der Waals surface area contributed by atoms with E-state index in [0.717, 1.165) is 6.33 Å². The van der Waals surface area contributed by atoms with Crippen LogP contribution in [-0.2, 0) is 30.3 Å². The average Bonchev–Trinajstić information content (AvgIpc) is 3.49. The number of nitrogens with zero attached hydrogens (tertiary/aromatic N) is 6. The molecule has 21 heteroatoms. The number of fused-ring (bicyclic) bond motifs is 3. The molecule has 6 heterocycles. The van der Waals surface area contributed by atoms with Gasteiger partial charge in [0.2, 0.25) is 5.95 Å². The zero-order valence-corrected chi connectivity index (χ0v) is 22.2. The fourth-order valence-corrected chi connectivity index (χ4v) is 6.61. The van der Waals surface area contributed by atoms with Gasteiger partial charge in [-0.25, -0.2) is 19.3 Å². The Labute approximate surface area is 231 Å². The molecular weight excluding hydrogens is 592 g/mol. The third-order valence-corrected chi connectivity index (χ3v) is 8.84. The number of aromatic nitrogens is 8. The molecule has 0 bridgehead atoms. The van der Waals surface area contributed by atoms with Gasteiger partial charge in [0.1, 0.15) is 24.5 Å². The van der Waals surface area contributed by atoms with Crippen molar-refractivity contribution in [1.82, 2.24) is 39.0 Å². The molecule has 2 aliphatic heterocycles. The van der Waals surface area contributed by atoms with E-state index in [0.29, 0.717) is 0 Å². The number of hydrogen-bond acceptors (Lipinski definition) is 14. The van der Waals surface area contributed by atoms with Gasteiger partial charge in [-0.15, -0.1) is 0 Å². The van der Waals surface area contributed by atoms with Crippen LogP contribution in [0.2, 0.25) is 0 Å². The molecule has 218 valence electrons. The zero-order chi connectivity index (χ0) is 28.8. The number of rotatable bonds is 7. The lowest BCUT2D eigenvalue weighted by atomic mass is 10.2. The number of imidazole rings is 2. The van der Waals surface area contributed by atoms with E-state index in [9.17, 15) is 24.7 Å². The van der Waals surface area contributed by atoms with E-state index in [2.05, 4.69) is 29.9 Å². The lowest BCUT2D eigenvalue weighted by Crippen LogP contribution is -2.36. The predicted octanol–water partition coefficient (Wildman–Crippen LogP) is -1.92. The van der Waals surface area contributed by atoms with Gasteiger partial charge < -0.3 is 39.8 Å². The normalized spacial score (nSPS) is 34.3. The first-order valence-electron chi connectivity index (χ1n) is 12.1. The number of nitrogens with one attached hydrogen (secondary N) is 2. The van der Waals surface area contributed by atoms with Crippen molar-refractivity contribution < 1.29 is 38.0 Å². The molecular formula is C20H21FN9O9PS. The molecule has 4 aromatic rings. The predicted molar refractivity (Wildman–Crippen MR) is 136 cm³/mol. The van der Waals surface area contributed by atoms with Crippen LogP contribution in [0, 0.1) is 0 Å². The van der Waals surface area contributed by atoms with Crippen LogP contribution in [0.5, 0.6) is 0 Å². The smallest absolute Gasteiger partial charge is 0.325 e. The summed E-state index contributed by atoms with van der Waals surface area (Å²) in [6.07, 6.45) is -4.98. The Bertz CT molecular complexity index is 1850. The molecule has 3 fully saturated rings. The van der Waals surface area contributed by atoms with Gasteiger partial charge in [-0.2, -0.15) is 4.98 Å². The first kappa shape index (κ1) is 26.7. The van der Waals surface area contributed by atoms with Crippen molar-refractivity contribution in [2.45, 2.75) is 55.1 Å². The molecule has 1 saturated carbocycles. The number of ether oxygens (including phenoxy) is 2. The minimum atomic E-state index is -4.26. The fourth-order valence-electron chi connectivity index (χ4n) is 5.20. The number of aliphatic hydroxyl groups excluding tert-OH is 2. The van der Waals surface area contributed by atoms with Crippen molar-refractivity contribution in [3.63, 3.8) is 0 Å². The lowest BCUT2D eigenvalue weighted by Gasteiger charge is -2.29. The third-order valence-electron chi connectivity index (χ3n) is 7.30. The number of alkyl halides is 1. The van der Waals surface area contributed by atoms with E-state index in [4.69, 9.17) is 36.1 Å². The summed E-state index contributed by atoms with van der Waals surface area (Å²) in [4.78, 5) is 55.8. The fraction of sp³-hybridized carbons (Fsp3) is 0.500. The first-order chi connectivity index (χ1) is 19.5. The Morgan fingerprint density at radius 2 is 1.90 bits per heavy atom. The number of anilines is 1. The molecule has 2 unspecified atom stereocenters. The van der Waals surface area contributed by atoms with Gasteiger partial charge in [0, 0.05) is 6.42 Å². The van der Waals surface area contributed by atoms with Crippen LogP contribution < -0.4 is 16.9 Å². The molecule has 4 aromatic heterocycles. The average molecular weight is 613 g/mol. The van der Waals surface area contributed by atoms with Gasteiger partial charge in [0.05, 0.1) is 31.7 Å². The summed E-state index contributed by atoms with van der Waals surface area (Å²) in [7, 11) is 0. The zero-order valence-electron chi connectivity index (χ0n) is 20.5. The Hall–Kier alpha value is -3.20. The summed E-state index contributed by atoms with van der Waals surface area (Å²) in [6, 6.07) is 0. The molecule has 0 amide bonds. The summed E-state index contributed by atoms with van der Waals surface area (Å²) in [6.45, 7) is -4.70. The minimum Gasteiger partial charge on any atom is -0.390 e. The minimum absolute atomic E-state index is 0.0478. The highest BCUT2D eigenvalue weighted by atomic mass is 32.5. The molecule has 0 spiro atoms. The first-order valence-corrected chi connectivity index (χ1v) is 14.7. The number of aliphatic hydroxyl groups is 2. The molecule has 0 aromatic carbocycles. The summed E-state index contributed by atoms with van der Waals surface area (Å²) >= 11 is 5.12. The summed E-state index contributed by atoms with van der Waals surface area (Å²) in [5.41, 5.74) is 2.28. The van der Waals surface area contributed by atoms with Crippen LogP contribution in [0.4, 0.5) is 10.3 Å². The number of aromatic amines is 2. The Morgan fingerprint density at radius 1 is 1.17 bits per heavy atom. The molecule has 7 rings (SSSR count). The number of halogens is 1. The van der Waals surface area contributed by atoms with Gasteiger partial charge in [0.15, 0.2) is 40.3 Å². The van der Waals surface area contributed by atoms with Crippen LogP contribution in [0.3, 0.4) is 0 Å². The van der Waals surface area contributed by atoms with Crippen molar-refractivity contribution in [2.75, 3.05) is 12.3 Å². The topological polar surface area (TPSA) is 251 Å². The number of nitrogens with two attached hydrogens (primary N) is 1. The highest BCUT2D eigenvalue weighted by Gasteiger charge is 2.80. The van der Waals surface area contributed by atoms with Gasteiger partial charge >= 0.3 is 6.72 Å². The largest absolute Gasteiger partial charge is 0.390 e. The molecule has 18 nitrogen and oxygen atoms in total. The number of H-pyrrole nitrogens is 2. The van der Waals surface area contributed by atoms with E-state index in [1.807, 2.05) is 0 Å². The quantitative estimate of drug-likeness (QED) is 0.124. The second kappa shape index (κ2) is 9.15. The molecule has 3 aliphatic rings. The van der Waals surface area contributed by atoms with Gasteiger partial charge in [0.25, 0.3) is 11.1 Å². The van der Waals surface area contributed by atoms with Crippen LogP contribution in [0.25, 0.3) is 22.3 Å². The van der Waals surface area contributed by atoms with E-state index in [1.54, 1.807) is 0 Å². The van der Waals surface area contributed by atoms with E-state index in [1.165, 1.54) is 21.8 Å². The van der Waals surface area contributed by atoms with Gasteiger partial charge in [-0.3, -0.25) is 28.2 Å². The molecule has 41 heavy (non-hydrogen) atoms. The lowest BCUT2D eigenvalue weighted by molar-refractivity contribution is -0.0793. The maximum absolute atomic E-state index is 15.7. The standard InChI is InChI=1S/C20H21FN9O9PS/c21-20-11(32)12(20)38-18(30-5-26-10-15(30)27-19(22)28-17(10)34)13(20)39-40(35,41)36-2-7-6(31)1-8(37-7)29-4-25-9-14(29)23-3-24-16(9)33/h3-8,11-13,18,31-32H,1-2H2,(H,35,41)(H,23,24,33)(H3,22,27,28,34)/t6-,7+,8+,11?,12+,13-,18+,20+,40?/m0/s1. The van der Waals surface area contributed by atoms with Crippen LogP contribution >= 0.6 is 6.72 Å². The molecule has 1 aliphatic carbocycles. The van der Waals surface area contributed by atoms with E-state index >= 15 is 4.39 Å². The highest BCUT2D eigenvalue weighted by Crippen LogP contribution is 2.62. The van der Waals surface area contributed by atoms with Crippen molar-refractivity contribution in [1.29, 1.82) is 0 Å². The second-order valence-corrected chi connectivity index (χ2v) is 12.6. The maximum atomic E-state index is 15.7. The third kappa shape index (κ3) is 4.14. The van der Waals surface area contributed by atoms with Gasteiger partial charge in [-0.05, 0) is 11.8 Å². The molecule has 7 N–H and O–H groups in total. The van der Waals surface area contributed by atoms with Gasteiger partial charge in [-0.1, -0.05) is 0 Å². The van der Waals surface area contributed by atoms with E-state index in [-0.39, 0.29) is 34.7 Å². The SMILES string of the molecule is Nc1nc2c(ncn2[C@@H]2O[C@@H]3C(O)[C@]3(F)[C@H]2OP(O)(=S)OC[C@H]2O[C@@H](n3cnc4c(=O)[nH]cnc43)C[C@@H]2O)c(=O)[nH]1. The summed E-state index contributed by atoms with van der Waals surface area (Å²) in [5, 5.41) is 20.7. The maximum Gasteiger partial charge on any atom is 0.325 e. The molecule has 2 saturated heterocycles. The number of nitrogen functional groups attached to an aromatic ring is 1. The Kier molecular flexibility index (Phi) is 5.95. The van der Waals surface area contributed by atoms with Crippen molar-refractivity contribution in [2.24, 2.45) is 0 Å². The van der Waals surface area contributed by atoms with Crippen LogP contribution in [0.15, 0.2) is 28.6 Å². The molecule has 0 radical (unpaired) electrons. The van der Waals surface area contributed by atoms with E-state index < -0.39 is 73.1 Å². The monoisotopic (exact) mass is 613 g/mol. The highest BCUT2D eigenvalue weighted by molar-refractivity contribution is 8.07. The summed E-state index contributed by atoms with van der Waals surface area (Å²) < 4.78 is 40.8. The second-order valence-electron chi connectivity index (χ2n) is 9.77. The van der Waals surface area contributed by atoms with Crippen molar-refractivity contribution >= 4 is 46.8 Å². The Balaban J connectivity index is 1.08. The summed E-state index contributed by atoms with van der Waals surface area (Å²) in [5.74, 6) is -0.227. The van der Waals surface area contributed by atoms with Crippen LogP contribution in [0.1, 0.15) is 18.9 Å². The molecule has 9 atom stereocenters. The Morgan fingerprint density at radius 3 is 2.68 bits per heavy atom. The van der Waals surface area contributed by atoms with Crippen molar-refractivity contribution in [3.05, 3.63) is 39.7 Å².